The van der Waals surface area contributed by atoms with Crippen LogP contribution in [0.3, 0.4) is 0 Å². The van der Waals surface area contributed by atoms with E-state index in [0.717, 1.165) is 10.0 Å². The van der Waals surface area contributed by atoms with Gasteiger partial charge in [-0.05, 0) is 54.2 Å². The van der Waals surface area contributed by atoms with E-state index in [1.807, 2.05) is 41.2 Å². The number of hydrogen-bond donors (Lipinski definition) is 2. The van der Waals surface area contributed by atoms with Crippen LogP contribution in [0.5, 0.6) is 0 Å². The lowest BCUT2D eigenvalue weighted by molar-refractivity contribution is 0.628. The van der Waals surface area contributed by atoms with E-state index >= 15 is 0 Å². The molecule has 0 amide bonds. The lowest BCUT2D eigenvalue weighted by atomic mass is 10.2. The molecule has 1 aromatic heterocycles. The van der Waals surface area contributed by atoms with Gasteiger partial charge in [-0.25, -0.2) is 4.39 Å². The number of nitrogens with one attached hydrogen (secondary N) is 2. The molecule has 2 aromatic carbocycles. The van der Waals surface area contributed by atoms with Gasteiger partial charge in [-0.1, -0.05) is 28.1 Å². The Morgan fingerprint density at radius 2 is 1.75 bits per heavy atom. The smallest absolute Gasteiger partial charge is 0.176 e. The largest absolute Gasteiger partial charge is 0.332 e. The van der Waals surface area contributed by atoms with Crippen molar-refractivity contribution in [2.24, 2.45) is 0 Å². The minimum atomic E-state index is -0.286. The predicted octanol–water partition coefficient (Wildman–Crippen LogP) is 4.64. The number of rotatable bonds is 4. The maximum atomic E-state index is 12.9. The van der Waals surface area contributed by atoms with Crippen molar-refractivity contribution in [1.82, 2.24) is 9.78 Å². The van der Waals surface area contributed by atoms with Crippen LogP contribution in [-0.4, -0.2) is 14.9 Å². The molecule has 0 unspecified atom stereocenters. The summed E-state index contributed by atoms with van der Waals surface area (Å²) in [6, 6.07) is 15.9. The second-order valence-electron chi connectivity index (χ2n) is 5.11. The van der Waals surface area contributed by atoms with Crippen LogP contribution in [0.15, 0.2) is 65.3 Å². The van der Waals surface area contributed by atoms with Crippen LogP contribution in [0, 0.1) is 5.82 Å². The standard InChI is InChI=1S/C17H14BrFN4S/c18-13-3-1-12(2-4-13)11-23-10-9-16(22-23)21-17(24)20-15-7-5-14(19)6-8-15/h1-10H,11H2,(H2,20,21,22,24). The molecule has 0 radical (unpaired) electrons. The van der Waals surface area contributed by atoms with Crippen molar-refractivity contribution >= 4 is 44.8 Å². The molecule has 0 bridgehead atoms. The van der Waals surface area contributed by atoms with E-state index in [1.54, 1.807) is 12.1 Å². The lowest BCUT2D eigenvalue weighted by Crippen LogP contribution is -2.19. The van der Waals surface area contributed by atoms with Gasteiger partial charge in [0.05, 0.1) is 6.54 Å². The molecular weight excluding hydrogens is 391 g/mol. The SMILES string of the molecule is Fc1ccc(NC(=S)Nc2ccn(Cc3ccc(Br)cc3)n2)cc1. The van der Waals surface area contributed by atoms with Gasteiger partial charge >= 0.3 is 0 Å². The Morgan fingerprint density at radius 3 is 2.46 bits per heavy atom. The molecule has 0 saturated heterocycles. The first-order valence-corrected chi connectivity index (χ1v) is 8.40. The molecule has 4 nitrogen and oxygen atoms in total. The molecule has 1 heterocycles. The van der Waals surface area contributed by atoms with Crippen LogP contribution in [0.2, 0.25) is 0 Å². The molecule has 7 heteroatoms. The molecule has 0 saturated carbocycles. The average Bonchev–Trinajstić information content (AvgIpc) is 2.99. The normalized spacial score (nSPS) is 10.4. The van der Waals surface area contributed by atoms with Crippen LogP contribution >= 0.6 is 28.1 Å². The summed E-state index contributed by atoms with van der Waals surface area (Å²) in [7, 11) is 0. The Hall–Kier alpha value is -2.25. The molecule has 0 aliphatic heterocycles. The molecule has 3 aromatic rings. The zero-order chi connectivity index (χ0) is 16.9. The summed E-state index contributed by atoms with van der Waals surface area (Å²) in [5.74, 6) is 0.359. The Kier molecular flexibility index (Phi) is 5.22. The Balaban J connectivity index is 1.58. The van der Waals surface area contributed by atoms with E-state index in [1.165, 1.54) is 12.1 Å². The highest BCUT2D eigenvalue weighted by Crippen LogP contribution is 2.13. The van der Waals surface area contributed by atoms with Crippen molar-refractivity contribution in [3.8, 4) is 0 Å². The number of benzene rings is 2. The van der Waals surface area contributed by atoms with E-state index < -0.39 is 0 Å². The topological polar surface area (TPSA) is 41.9 Å². The Labute approximate surface area is 152 Å². The number of nitrogens with zero attached hydrogens (tertiary/aromatic N) is 2. The van der Waals surface area contributed by atoms with Gasteiger partial charge in [0.15, 0.2) is 10.9 Å². The Bertz CT molecular complexity index is 831. The fraction of sp³-hybridized carbons (Fsp3) is 0.0588. The molecule has 0 spiro atoms. The van der Waals surface area contributed by atoms with Crippen molar-refractivity contribution in [3.63, 3.8) is 0 Å². The monoisotopic (exact) mass is 404 g/mol. The zero-order valence-corrected chi connectivity index (χ0v) is 14.9. The van der Waals surface area contributed by atoms with Gasteiger partial charge in [0.2, 0.25) is 0 Å². The average molecular weight is 405 g/mol. The summed E-state index contributed by atoms with van der Waals surface area (Å²) >= 11 is 8.65. The van der Waals surface area contributed by atoms with E-state index in [-0.39, 0.29) is 5.82 Å². The highest BCUT2D eigenvalue weighted by atomic mass is 79.9. The number of halogens is 2. The molecule has 122 valence electrons. The summed E-state index contributed by atoms with van der Waals surface area (Å²) < 4.78 is 15.8. The van der Waals surface area contributed by atoms with Crippen molar-refractivity contribution in [2.45, 2.75) is 6.54 Å². The number of thiocarbonyl (C=S) groups is 1. The summed E-state index contributed by atoms with van der Waals surface area (Å²) in [5, 5.41) is 10.8. The van der Waals surface area contributed by atoms with Gasteiger partial charge in [0.25, 0.3) is 0 Å². The molecular formula is C17H14BrFN4S. The number of hydrogen-bond acceptors (Lipinski definition) is 2. The third kappa shape index (κ3) is 4.62. The first-order valence-electron chi connectivity index (χ1n) is 7.20. The van der Waals surface area contributed by atoms with Crippen LogP contribution < -0.4 is 10.6 Å². The van der Waals surface area contributed by atoms with Gasteiger partial charge in [-0.3, -0.25) is 4.68 Å². The van der Waals surface area contributed by atoms with Crippen LogP contribution in [0.4, 0.5) is 15.9 Å². The molecule has 0 fully saturated rings. The van der Waals surface area contributed by atoms with Crippen molar-refractivity contribution < 1.29 is 4.39 Å². The van der Waals surface area contributed by atoms with Crippen molar-refractivity contribution in [1.29, 1.82) is 0 Å². The van der Waals surface area contributed by atoms with Crippen LogP contribution in [-0.2, 0) is 6.54 Å². The highest BCUT2D eigenvalue weighted by molar-refractivity contribution is 9.10. The maximum absolute atomic E-state index is 12.9. The molecule has 24 heavy (non-hydrogen) atoms. The molecule has 0 atom stereocenters. The summed E-state index contributed by atoms with van der Waals surface area (Å²) in [6.07, 6.45) is 1.88. The lowest BCUT2D eigenvalue weighted by Gasteiger charge is -2.08. The van der Waals surface area contributed by atoms with Crippen LogP contribution in [0.1, 0.15) is 5.56 Å². The minimum Gasteiger partial charge on any atom is -0.332 e. The quantitative estimate of drug-likeness (QED) is 0.621. The van der Waals surface area contributed by atoms with E-state index in [2.05, 4.69) is 31.7 Å². The highest BCUT2D eigenvalue weighted by Gasteiger charge is 2.03. The van der Waals surface area contributed by atoms with Crippen LogP contribution in [0.25, 0.3) is 0 Å². The fourth-order valence-electron chi connectivity index (χ4n) is 2.11. The third-order valence-corrected chi connectivity index (χ3v) is 3.97. The van der Waals surface area contributed by atoms with Gasteiger partial charge in [-0.2, -0.15) is 5.10 Å². The van der Waals surface area contributed by atoms with E-state index in [4.69, 9.17) is 12.2 Å². The van der Waals surface area contributed by atoms with Crippen molar-refractivity contribution in [2.75, 3.05) is 10.6 Å². The molecule has 3 rings (SSSR count). The second-order valence-corrected chi connectivity index (χ2v) is 6.43. The third-order valence-electron chi connectivity index (χ3n) is 3.24. The van der Waals surface area contributed by atoms with Gasteiger partial charge < -0.3 is 10.6 Å². The summed E-state index contributed by atoms with van der Waals surface area (Å²) in [6.45, 7) is 0.674. The molecule has 0 aliphatic rings. The molecule has 0 aliphatic carbocycles. The summed E-state index contributed by atoms with van der Waals surface area (Å²) in [5.41, 5.74) is 1.86. The molecule has 2 N–H and O–H groups in total. The van der Waals surface area contributed by atoms with Gasteiger partial charge in [0.1, 0.15) is 5.82 Å². The first-order chi connectivity index (χ1) is 11.6. The van der Waals surface area contributed by atoms with Crippen molar-refractivity contribution in [3.05, 3.63) is 76.6 Å². The minimum absolute atomic E-state index is 0.286. The Morgan fingerprint density at radius 1 is 1.04 bits per heavy atom. The van der Waals surface area contributed by atoms with Gasteiger partial charge in [0, 0.05) is 22.4 Å². The van der Waals surface area contributed by atoms with E-state index in [9.17, 15) is 4.39 Å². The van der Waals surface area contributed by atoms with Gasteiger partial charge in [-0.15, -0.1) is 0 Å². The number of anilines is 2. The summed E-state index contributed by atoms with van der Waals surface area (Å²) in [4.78, 5) is 0. The maximum Gasteiger partial charge on any atom is 0.176 e. The predicted molar refractivity (Wildman–Crippen MR) is 102 cm³/mol. The zero-order valence-electron chi connectivity index (χ0n) is 12.5. The second kappa shape index (κ2) is 7.55. The first kappa shape index (κ1) is 16.6. The fourth-order valence-corrected chi connectivity index (χ4v) is 2.59. The van der Waals surface area contributed by atoms with E-state index in [0.29, 0.717) is 23.2 Å². The number of aromatic nitrogens is 2.